The molecule has 0 N–H and O–H groups in total. The van der Waals surface area contributed by atoms with Gasteiger partial charge in [-0.3, -0.25) is 0 Å². The van der Waals surface area contributed by atoms with Gasteiger partial charge in [0.05, 0.1) is 25.4 Å². The fourth-order valence-corrected chi connectivity index (χ4v) is 2.23. The Morgan fingerprint density at radius 2 is 2.30 bits per heavy atom. The lowest BCUT2D eigenvalue weighted by Crippen LogP contribution is -2.20. The number of aromatic nitrogens is 3. The molecule has 8 heteroatoms. The monoisotopic (exact) mass is 289 g/mol. The number of ether oxygens (including phenoxy) is 2. The van der Waals surface area contributed by atoms with Gasteiger partial charge in [-0.15, -0.1) is 5.10 Å². The number of hydrogen-bond acceptors (Lipinski definition) is 5. The van der Waals surface area contributed by atoms with Crippen LogP contribution in [-0.2, 0) is 16.0 Å². The molecule has 112 valence electrons. The summed E-state index contributed by atoms with van der Waals surface area (Å²) in [5.74, 6) is -0.880. The molecule has 1 aliphatic rings. The molecule has 2 heterocycles. The molecule has 1 aromatic heterocycles. The zero-order valence-corrected chi connectivity index (χ0v) is 11.4. The molecule has 1 aliphatic heterocycles. The highest BCUT2D eigenvalue weighted by atomic mass is 19.3. The number of nitrogens with zero attached hydrogens (tertiary/aromatic N) is 3. The van der Waals surface area contributed by atoms with E-state index in [9.17, 15) is 13.6 Å². The minimum absolute atomic E-state index is 0.0949. The first-order valence-corrected chi connectivity index (χ1v) is 6.57. The fourth-order valence-electron chi connectivity index (χ4n) is 2.23. The van der Waals surface area contributed by atoms with Crippen molar-refractivity contribution in [2.45, 2.75) is 51.9 Å². The van der Waals surface area contributed by atoms with E-state index in [2.05, 4.69) is 10.3 Å². The van der Waals surface area contributed by atoms with Gasteiger partial charge in [-0.05, 0) is 26.7 Å². The molecule has 2 rings (SSSR count). The van der Waals surface area contributed by atoms with Gasteiger partial charge in [0, 0.05) is 0 Å². The zero-order chi connectivity index (χ0) is 14.7. The molecule has 6 nitrogen and oxygen atoms in total. The number of alkyl halides is 2. The van der Waals surface area contributed by atoms with Crippen LogP contribution in [0.15, 0.2) is 0 Å². The molecule has 0 radical (unpaired) electrons. The Balaban J connectivity index is 2.18. The predicted molar refractivity (Wildman–Crippen MR) is 64.5 cm³/mol. The SMILES string of the molecule is CCOC(=O)c1nnn(CC2CCC(C)O2)c1C(F)F. The van der Waals surface area contributed by atoms with Crippen LogP contribution in [0.2, 0.25) is 0 Å². The van der Waals surface area contributed by atoms with Gasteiger partial charge in [0.2, 0.25) is 0 Å². The van der Waals surface area contributed by atoms with Crippen LogP contribution >= 0.6 is 0 Å². The highest BCUT2D eigenvalue weighted by Gasteiger charge is 2.30. The lowest BCUT2D eigenvalue weighted by atomic mass is 10.2. The van der Waals surface area contributed by atoms with Crippen LogP contribution in [0.25, 0.3) is 0 Å². The maximum Gasteiger partial charge on any atom is 0.361 e. The number of carbonyl (C=O) groups is 1. The van der Waals surface area contributed by atoms with Crippen LogP contribution in [0, 0.1) is 0 Å². The smallest absolute Gasteiger partial charge is 0.361 e. The summed E-state index contributed by atoms with van der Waals surface area (Å²) in [6.45, 7) is 3.78. The standard InChI is InChI=1S/C12H17F2N3O3/c1-3-19-12(18)9-10(11(13)14)17(16-15-9)6-8-5-4-7(2)20-8/h7-8,11H,3-6H2,1-2H3. The van der Waals surface area contributed by atoms with Crippen LogP contribution in [0.3, 0.4) is 0 Å². The molecule has 0 aliphatic carbocycles. The highest BCUT2D eigenvalue weighted by Crippen LogP contribution is 2.25. The van der Waals surface area contributed by atoms with Crippen molar-refractivity contribution in [2.24, 2.45) is 0 Å². The third kappa shape index (κ3) is 3.12. The predicted octanol–water partition coefficient (Wildman–Crippen LogP) is 1.96. The number of rotatable bonds is 5. The Hall–Kier alpha value is -1.57. The van der Waals surface area contributed by atoms with Crippen LogP contribution in [0.5, 0.6) is 0 Å². The summed E-state index contributed by atoms with van der Waals surface area (Å²) in [5.41, 5.74) is -0.931. The summed E-state index contributed by atoms with van der Waals surface area (Å²) in [6, 6.07) is 0. The van der Waals surface area contributed by atoms with E-state index < -0.39 is 23.8 Å². The lowest BCUT2D eigenvalue weighted by Gasteiger charge is -2.12. The third-order valence-corrected chi connectivity index (χ3v) is 3.15. The summed E-state index contributed by atoms with van der Waals surface area (Å²) in [7, 11) is 0. The van der Waals surface area contributed by atoms with Gasteiger partial charge in [0.15, 0.2) is 5.69 Å². The molecule has 0 aromatic carbocycles. The van der Waals surface area contributed by atoms with E-state index in [1.807, 2.05) is 6.92 Å². The molecule has 0 amide bonds. The summed E-state index contributed by atoms with van der Waals surface area (Å²) < 4.78 is 37.6. The van der Waals surface area contributed by atoms with E-state index in [4.69, 9.17) is 9.47 Å². The minimum atomic E-state index is -2.84. The Morgan fingerprint density at radius 3 is 2.85 bits per heavy atom. The third-order valence-electron chi connectivity index (χ3n) is 3.15. The molecule has 1 fully saturated rings. The van der Waals surface area contributed by atoms with Crippen molar-refractivity contribution in [1.82, 2.24) is 15.0 Å². The van der Waals surface area contributed by atoms with Gasteiger partial charge in [-0.1, -0.05) is 5.21 Å². The summed E-state index contributed by atoms with van der Waals surface area (Å²) in [5, 5.41) is 7.15. The summed E-state index contributed by atoms with van der Waals surface area (Å²) in [4.78, 5) is 11.6. The molecular formula is C12H17F2N3O3. The Labute approximate surface area is 115 Å². The van der Waals surface area contributed by atoms with Crippen molar-refractivity contribution in [2.75, 3.05) is 6.61 Å². The van der Waals surface area contributed by atoms with E-state index in [0.29, 0.717) is 0 Å². The van der Waals surface area contributed by atoms with Crippen LogP contribution in [-0.4, -0.2) is 39.8 Å². The molecule has 2 unspecified atom stereocenters. The van der Waals surface area contributed by atoms with Gasteiger partial charge >= 0.3 is 5.97 Å². The quantitative estimate of drug-likeness (QED) is 0.775. The average molecular weight is 289 g/mol. The molecule has 0 saturated carbocycles. The van der Waals surface area contributed by atoms with Crippen LogP contribution in [0.4, 0.5) is 8.78 Å². The van der Waals surface area contributed by atoms with E-state index in [-0.39, 0.29) is 25.4 Å². The van der Waals surface area contributed by atoms with E-state index in [1.165, 1.54) is 0 Å². The first kappa shape index (κ1) is 14.8. The topological polar surface area (TPSA) is 66.2 Å². The fraction of sp³-hybridized carbons (Fsp3) is 0.750. The highest BCUT2D eigenvalue weighted by molar-refractivity contribution is 5.88. The van der Waals surface area contributed by atoms with Crippen molar-refractivity contribution in [3.05, 3.63) is 11.4 Å². The first-order valence-electron chi connectivity index (χ1n) is 6.57. The van der Waals surface area contributed by atoms with Crippen molar-refractivity contribution >= 4 is 5.97 Å². The minimum Gasteiger partial charge on any atom is -0.461 e. The molecule has 0 bridgehead atoms. The Bertz CT molecular complexity index is 479. The molecule has 1 aromatic rings. The molecule has 1 saturated heterocycles. The number of halogens is 2. The van der Waals surface area contributed by atoms with Crippen molar-refractivity contribution in [3.63, 3.8) is 0 Å². The second kappa shape index (κ2) is 6.25. The van der Waals surface area contributed by atoms with Gasteiger partial charge in [0.25, 0.3) is 6.43 Å². The average Bonchev–Trinajstić information content (AvgIpc) is 2.96. The second-order valence-electron chi connectivity index (χ2n) is 4.67. The second-order valence-corrected chi connectivity index (χ2v) is 4.67. The lowest BCUT2D eigenvalue weighted by molar-refractivity contribution is 0.0393. The van der Waals surface area contributed by atoms with Gasteiger partial charge < -0.3 is 9.47 Å². The van der Waals surface area contributed by atoms with Crippen molar-refractivity contribution < 1.29 is 23.0 Å². The van der Waals surface area contributed by atoms with Crippen LogP contribution < -0.4 is 0 Å². The molecular weight excluding hydrogens is 272 g/mol. The van der Waals surface area contributed by atoms with Gasteiger partial charge in [0.1, 0.15) is 5.69 Å². The van der Waals surface area contributed by atoms with Crippen molar-refractivity contribution in [3.8, 4) is 0 Å². The zero-order valence-electron chi connectivity index (χ0n) is 11.4. The maximum absolute atomic E-state index is 13.1. The molecule has 20 heavy (non-hydrogen) atoms. The number of carbonyl (C=O) groups excluding carboxylic acids is 1. The normalized spacial score (nSPS) is 22.4. The van der Waals surface area contributed by atoms with Crippen LogP contribution in [0.1, 0.15) is 49.3 Å². The van der Waals surface area contributed by atoms with E-state index in [0.717, 1.165) is 17.5 Å². The van der Waals surface area contributed by atoms with Crippen molar-refractivity contribution in [1.29, 1.82) is 0 Å². The molecule has 0 spiro atoms. The largest absolute Gasteiger partial charge is 0.461 e. The Kier molecular flexibility index (Phi) is 4.64. The summed E-state index contributed by atoms with van der Waals surface area (Å²) >= 11 is 0. The van der Waals surface area contributed by atoms with E-state index in [1.54, 1.807) is 6.92 Å². The molecule has 2 atom stereocenters. The first-order chi connectivity index (χ1) is 9.52. The van der Waals surface area contributed by atoms with Gasteiger partial charge in [-0.25, -0.2) is 18.3 Å². The Morgan fingerprint density at radius 1 is 1.55 bits per heavy atom. The number of esters is 1. The number of hydrogen-bond donors (Lipinski definition) is 0. The summed E-state index contributed by atoms with van der Waals surface area (Å²) in [6.07, 6.45) is -1.25. The van der Waals surface area contributed by atoms with Gasteiger partial charge in [-0.2, -0.15) is 0 Å². The van der Waals surface area contributed by atoms with E-state index >= 15 is 0 Å². The maximum atomic E-state index is 13.1.